The number of thioether (sulfide) groups is 1. The number of benzene rings is 1. The van der Waals surface area contributed by atoms with Gasteiger partial charge < -0.3 is 16.2 Å². The largest absolute Gasteiger partial charge is 0.385 e. The number of nitrogens with two attached hydrogens (primary N) is 2. The highest BCUT2D eigenvalue weighted by molar-refractivity contribution is 7.99. The summed E-state index contributed by atoms with van der Waals surface area (Å²) in [6, 6.07) is 9.32. The number of primary amides is 1. The summed E-state index contributed by atoms with van der Waals surface area (Å²) in [7, 11) is 1.69. The number of hydrogen-bond acceptors (Lipinski definition) is 4. The number of rotatable bonds is 9. The van der Waals surface area contributed by atoms with Gasteiger partial charge in [0.1, 0.15) is 5.54 Å². The molecule has 0 bridgehead atoms. The minimum absolute atomic E-state index is 0.476. The van der Waals surface area contributed by atoms with Gasteiger partial charge in [0.15, 0.2) is 0 Å². The molecule has 1 rings (SSSR count). The Balaban J connectivity index is 2.52. The second-order valence-electron chi connectivity index (χ2n) is 4.41. The van der Waals surface area contributed by atoms with E-state index in [1.54, 1.807) is 18.9 Å². The summed E-state index contributed by atoms with van der Waals surface area (Å²) in [5, 5.41) is 0. The van der Waals surface area contributed by atoms with Gasteiger partial charge in [-0.25, -0.2) is 0 Å². The van der Waals surface area contributed by atoms with E-state index in [9.17, 15) is 4.79 Å². The minimum atomic E-state index is -1.07. The molecule has 4 nitrogen and oxygen atoms in total. The molecule has 1 amide bonds. The Morgan fingerprint density at radius 1 is 1.32 bits per heavy atom. The van der Waals surface area contributed by atoms with Crippen molar-refractivity contribution in [1.82, 2.24) is 0 Å². The molecule has 0 aliphatic carbocycles. The quantitative estimate of drug-likeness (QED) is 0.673. The Bertz CT molecular complexity index is 386. The molecule has 0 saturated carbocycles. The molecule has 0 aromatic heterocycles. The van der Waals surface area contributed by atoms with Gasteiger partial charge in [-0.3, -0.25) is 4.79 Å². The van der Waals surface area contributed by atoms with E-state index in [0.29, 0.717) is 6.42 Å². The molecule has 0 aliphatic heterocycles. The summed E-state index contributed by atoms with van der Waals surface area (Å²) in [5.41, 5.74) is 11.4. The van der Waals surface area contributed by atoms with Gasteiger partial charge in [0, 0.05) is 13.7 Å². The zero-order valence-electron chi connectivity index (χ0n) is 11.3. The molecule has 0 heterocycles. The van der Waals surface area contributed by atoms with Crippen molar-refractivity contribution in [2.45, 2.75) is 18.4 Å². The van der Waals surface area contributed by atoms with Crippen LogP contribution in [0.15, 0.2) is 30.3 Å². The maximum atomic E-state index is 11.7. The first-order valence-corrected chi connectivity index (χ1v) is 7.47. The fourth-order valence-corrected chi connectivity index (χ4v) is 2.78. The molecule has 1 aromatic carbocycles. The van der Waals surface area contributed by atoms with Crippen molar-refractivity contribution in [3.8, 4) is 0 Å². The monoisotopic (exact) mass is 282 g/mol. The van der Waals surface area contributed by atoms with Gasteiger partial charge in [0.05, 0.1) is 0 Å². The third-order valence-corrected chi connectivity index (χ3v) is 4.08. The zero-order valence-corrected chi connectivity index (χ0v) is 12.1. The Hall–Kier alpha value is -1.04. The summed E-state index contributed by atoms with van der Waals surface area (Å²) >= 11 is 1.76. The first-order chi connectivity index (χ1) is 9.11. The van der Waals surface area contributed by atoms with Gasteiger partial charge in [-0.05, 0) is 29.9 Å². The molecule has 0 fully saturated rings. The van der Waals surface area contributed by atoms with Crippen LogP contribution in [0.5, 0.6) is 0 Å². The Kier molecular flexibility index (Phi) is 6.91. The Morgan fingerprint density at radius 2 is 2.00 bits per heavy atom. The molecule has 0 spiro atoms. The van der Waals surface area contributed by atoms with Gasteiger partial charge >= 0.3 is 0 Å². The normalized spacial score (nSPS) is 14.0. The van der Waals surface area contributed by atoms with Crippen LogP contribution in [0.25, 0.3) is 0 Å². The molecular weight excluding hydrogens is 260 g/mol. The van der Waals surface area contributed by atoms with Crippen LogP contribution in [-0.4, -0.2) is 31.1 Å². The Morgan fingerprint density at radius 3 is 2.58 bits per heavy atom. The SMILES string of the molecule is COCCCSCCC(N)(C(N)=O)c1ccccc1. The number of amides is 1. The summed E-state index contributed by atoms with van der Waals surface area (Å²) in [5.74, 6) is 1.33. The lowest BCUT2D eigenvalue weighted by molar-refractivity contribution is -0.123. The second kappa shape index (κ2) is 8.19. The van der Waals surface area contributed by atoms with Crippen LogP contribution < -0.4 is 11.5 Å². The van der Waals surface area contributed by atoms with E-state index < -0.39 is 11.4 Å². The molecule has 106 valence electrons. The predicted octanol–water partition coefficient (Wildman–Crippen LogP) is 1.49. The van der Waals surface area contributed by atoms with Crippen LogP contribution in [0.3, 0.4) is 0 Å². The highest BCUT2D eigenvalue weighted by Crippen LogP contribution is 2.24. The number of hydrogen-bond donors (Lipinski definition) is 2. The summed E-state index contributed by atoms with van der Waals surface area (Å²) < 4.78 is 4.98. The predicted molar refractivity (Wildman–Crippen MR) is 79.9 cm³/mol. The van der Waals surface area contributed by atoms with Crippen LogP contribution in [-0.2, 0) is 15.1 Å². The van der Waals surface area contributed by atoms with Crippen LogP contribution in [0, 0.1) is 0 Å². The van der Waals surface area contributed by atoms with Gasteiger partial charge in [0.25, 0.3) is 0 Å². The molecule has 4 N–H and O–H groups in total. The highest BCUT2D eigenvalue weighted by Gasteiger charge is 2.33. The van der Waals surface area contributed by atoms with E-state index in [0.717, 1.165) is 30.1 Å². The number of carbonyl (C=O) groups excluding carboxylic acids is 1. The van der Waals surface area contributed by atoms with Crippen LogP contribution in [0.2, 0.25) is 0 Å². The van der Waals surface area contributed by atoms with Crippen molar-refractivity contribution in [3.05, 3.63) is 35.9 Å². The van der Waals surface area contributed by atoms with Crippen molar-refractivity contribution in [1.29, 1.82) is 0 Å². The van der Waals surface area contributed by atoms with Crippen molar-refractivity contribution < 1.29 is 9.53 Å². The maximum Gasteiger partial charge on any atom is 0.242 e. The van der Waals surface area contributed by atoms with Gasteiger partial charge in [-0.15, -0.1) is 0 Å². The fourth-order valence-electron chi connectivity index (χ4n) is 1.79. The first-order valence-electron chi connectivity index (χ1n) is 6.32. The van der Waals surface area contributed by atoms with E-state index in [-0.39, 0.29) is 0 Å². The maximum absolute atomic E-state index is 11.7. The average molecular weight is 282 g/mol. The van der Waals surface area contributed by atoms with Crippen molar-refractivity contribution >= 4 is 17.7 Å². The van der Waals surface area contributed by atoms with E-state index in [1.165, 1.54) is 0 Å². The number of methoxy groups -OCH3 is 1. The topological polar surface area (TPSA) is 78.3 Å². The van der Waals surface area contributed by atoms with Crippen molar-refractivity contribution in [2.24, 2.45) is 11.5 Å². The van der Waals surface area contributed by atoms with Crippen LogP contribution in [0.4, 0.5) is 0 Å². The molecule has 1 atom stereocenters. The molecule has 19 heavy (non-hydrogen) atoms. The fraction of sp³-hybridized carbons (Fsp3) is 0.500. The first kappa shape index (κ1) is 16.0. The van der Waals surface area contributed by atoms with Crippen molar-refractivity contribution in [3.63, 3.8) is 0 Å². The molecule has 0 aliphatic rings. The van der Waals surface area contributed by atoms with Crippen LogP contribution >= 0.6 is 11.8 Å². The van der Waals surface area contributed by atoms with E-state index in [2.05, 4.69) is 0 Å². The average Bonchev–Trinajstić information content (AvgIpc) is 2.43. The second-order valence-corrected chi connectivity index (χ2v) is 5.64. The lowest BCUT2D eigenvalue weighted by Crippen LogP contribution is -2.49. The summed E-state index contributed by atoms with van der Waals surface area (Å²) in [6.45, 7) is 0.759. The van der Waals surface area contributed by atoms with E-state index in [1.807, 2.05) is 30.3 Å². The highest BCUT2D eigenvalue weighted by atomic mass is 32.2. The standard InChI is InChI=1S/C14H22N2O2S/c1-18-9-5-10-19-11-8-14(16,13(15)17)12-6-3-2-4-7-12/h2-4,6-7H,5,8-11,16H2,1H3,(H2,15,17). The third-order valence-electron chi connectivity index (χ3n) is 3.01. The van der Waals surface area contributed by atoms with E-state index in [4.69, 9.17) is 16.2 Å². The molecular formula is C14H22N2O2S. The number of ether oxygens (including phenoxy) is 1. The summed E-state index contributed by atoms with van der Waals surface area (Å²) in [6.07, 6.45) is 1.55. The molecule has 0 saturated heterocycles. The molecule has 0 radical (unpaired) electrons. The lowest BCUT2D eigenvalue weighted by atomic mass is 9.88. The third kappa shape index (κ3) is 4.86. The molecule has 1 aromatic rings. The Labute approximate surface area is 118 Å². The van der Waals surface area contributed by atoms with Crippen molar-refractivity contribution in [2.75, 3.05) is 25.2 Å². The number of carbonyl (C=O) groups is 1. The van der Waals surface area contributed by atoms with Crippen LogP contribution in [0.1, 0.15) is 18.4 Å². The van der Waals surface area contributed by atoms with E-state index >= 15 is 0 Å². The molecule has 5 heteroatoms. The molecule has 1 unspecified atom stereocenters. The zero-order chi connectivity index (χ0) is 14.1. The lowest BCUT2D eigenvalue weighted by Gasteiger charge is -2.26. The minimum Gasteiger partial charge on any atom is -0.385 e. The van der Waals surface area contributed by atoms with Gasteiger partial charge in [-0.2, -0.15) is 11.8 Å². The summed E-state index contributed by atoms with van der Waals surface area (Å²) in [4.78, 5) is 11.7. The van der Waals surface area contributed by atoms with Gasteiger partial charge in [0.2, 0.25) is 5.91 Å². The smallest absolute Gasteiger partial charge is 0.242 e. The van der Waals surface area contributed by atoms with Gasteiger partial charge in [-0.1, -0.05) is 30.3 Å².